The summed E-state index contributed by atoms with van der Waals surface area (Å²) in [4.78, 5) is 19.2. The lowest BCUT2D eigenvalue weighted by Crippen LogP contribution is -2.45. The first kappa shape index (κ1) is 13.5. The molecule has 1 aromatic rings. The van der Waals surface area contributed by atoms with Crippen molar-refractivity contribution in [3.05, 3.63) is 15.6 Å². The van der Waals surface area contributed by atoms with Crippen molar-refractivity contribution in [3.8, 4) is 0 Å². The minimum absolute atomic E-state index is 0.591. The van der Waals surface area contributed by atoms with E-state index >= 15 is 0 Å². The van der Waals surface area contributed by atoms with Gasteiger partial charge in [-0.25, -0.2) is 4.98 Å². The molecule has 5 heteroatoms. The number of carboxylic acids is 1. The number of aromatic nitrogens is 1. The molecule has 1 aliphatic rings. The fourth-order valence-corrected chi connectivity index (χ4v) is 3.56. The van der Waals surface area contributed by atoms with Crippen molar-refractivity contribution in [3.63, 3.8) is 0 Å². The monoisotopic (exact) mass is 268 g/mol. The van der Waals surface area contributed by atoms with E-state index in [-0.39, 0.29) is 0 Å². The highest BCUT2D eigenvalue weighted by Crippen LogP contribution is 2.31. The highest BCUT2D eigenvalue weighted by Gasteiger charge is 2.37. The van der Waals surface area contributed by atoms with Crippen LogP contribution in [0.1, 0.15) is 35.3 Å². The lowest BCUT2D eigenvalue weighted by molar-refractivity contribution is -0.151. The van der Waals surface area contributed by atoms with E-state index in [0.29, 0.717) is 6.54 Å². The van der Waals surface area contributed by atoms with Crippen LogP contribution in [0.4, 0.5) is 0 Å². The molecule has 1 atom stereocenters. The first-order chi connectivity index (χ1) is 8.40. The summed E-state index contributed by atoms with van der Waals surface area (Å²) in [6.45, 7) is 8.35. The summed E-state index contributed by atoms with van der Waals surface area (Å²) >= 11 is 1.72. The van der Waals surface area contributed by atoms with Gasteiger partial charge in [-0.2, -0.15) is 0 Å². The topological polar surface area (TPSA) is 53.4 Å². The highest BCUT2D eigenvalue weighted by molar-refractivity contribution is 7.11. The Balaban J connectivity index is 2.06. The van der Waals surface area contributed by atoms with Crippen molar-refractivity contribution >= 4 is 17.3 Å². The molecule has 0 aromatic carbocycles. The van der Waals surface area contributed by atoms with Crippen LogP contribution in [0.25, 0.3) is 0 Å². The van der Waals surface area contributed by atoms with E-state index in [9.17, 15) is 9.90 Å². The third-order valence-electron chi connectivity index (χ3n) is 3.66. The van der Waals surface area contributed by atoms with E-state index in [1.54, 1.807) is 11.3 Å². The van der Waals surface area contributed by atoms with Crippen LogP contribution in [0.15, 0.2) is 0 Å². The van der Waals surface area contributed by atoms with E-state index in [1.165, 1.54) is 4.88 Å². The maximum atomic E-state index is 11.3. The molecule has 1 aliphatic heterocycles. The zero-order valence-electron chi connectivity index (χ0n) is 11.2. The number of nitrogens with zero attached hydrogens (tertiary/aromatic N) is 2. The van der Waals surface area contributed by atoms with Gasteiger partial charge in [-0.3, -0.25) is 9.69 Å². The van der Waals surface area contributed by atoms with Crippen molar-refractivity contribution < 1.29 is 9.90 Å². The van der Waals surface area contributed by atoms with E-state index in [1.807, 2.05) is 20.8 Å². The Hall–Kier alpha value is -0.940. The maximum Gasteiger partial charge on any atom is 0.310 e. The van der Waals surface area contributed by atoms with Crippen LogP contribution in [-0.4, -0.2) is 34.0 Å². The average Bonchev–Trinajstić information content (AvgIpc) is 2.57. The van der Waals surface area contributed by atoms with E-state index in [2.05, 4.69) is 9.88 Å². The number of hydrogen-bond donors (Lipinski definition) is 1. The van der Waals surface area contributed by atoms with Crippen molar-refractivity contribution in [2.24, 2.45) is 5.41 Å². The number of piperidine rings is 1. The van der Waals surface area contributed by atoms with E-state index < -0.39 is 11.4 Å². The molecular weight excluding hydrogens is 248 g/mol. The van der Waals surface area contributed by atoms with Crippen molar-refractivity contribution in [1.82, 2.24) is 9.88 Å². The normalized spacial score (nSPS) is 25.3. The third-order valence-corrected chi connectivity index (χ3v) is 4.72. The van der Waals surface area contributed by atoms with Crippen LogP contribution in [-0.2, 0) is 11.3 Å². The summed E-state index contributed by atoms with van der Waals surface area (Å²) in [5, 5.41) is 10.4. The summed E-state index contributed by atoms with van der Waals surface area (Å²) in [6.07, 6.45) is 1.74. The molecule has 0 spiro atoms. The molecular formula is C13H20N2O2S. The zero-order valence-corrected chi connectivity index (χ0v) is 12.0. The number of likely N-dealkylation sites (tertiary alicyclic amines) is 1. The fraction of sp³-hybridized carbons (Fsp3) is 0.692. The second-order valence-electron chi connectivity index (χ2n) is 5.42. The molecule has 0 aliphatic carbocycles. The van der Waals surface area contributed by atoms with Gasteiger partial charge in [0.05, 0.1) is 16.1 Å². The zero-order chi connectivity index (χ0) is 13.3. The quantitative estimate of drug-likeness (QED) is 0.915. The van der Waals surface area contributed by atoms with Crippen LogP contribution in [0.2, 0.25) is 0 Å². The number of aliphatic carboxylic acids is 1. The van der Waals surface area contributed by atoms with Gasteiger partial charge in [0.1, 0.15) is 0 Å². The lowest BCUT2D eigenvalue weighted by atomic mass is 9.82. The maximum absolute atomic E-state index is 11.3. The first-order valence-electron chi connectivity index (χ1n) is 6.29. The summed E-state index contributed by atoms with van der Waals surface area (Å²) in [6, 6.07) is 0. The van der Waals surface area contributed by atoms with Gasteiger partial charge in [-0.05, 0) is 40.2 Å². The van der Waals surface area contributed by atoms with E-state index in [0.717, 1.165) is 36.6 Å². The van der Waals surface area contributed by atoms with Crippen molar-refractivity contribution in [1.29, 1.82) is 0 Å². The smallest absolute Gasteiger partial charge is 0.310 e. The predicted octanol–water partition coefficient (Wildman–Crippen LogP) is 2.45. The molecule has 1 aromatic heterocycles. The van der Waals surface area contributed by atoms with Gasteiger partial charge in [0.15, 0.2) is 0 Å². The molecule has 100 valence electrons. The number of carbonyl (C=O) groups is 1. The average molecular weight is 268 g/mol. The highest BCUT2D eigenvalue weighted by atomic mass is 32.1. The van der Waals surface area contributed by atoms with Crippen molar-refractivity contribution in [2.75, 3.05) is 13.1 Å². The number of thiazole rings is 1. The number of rotatable bonds is 3. The van der Waals surface area contributed by atoms with E-state index in [4.69, 9.17) is 0 Å². The van der Waals surface area contributed by atoms with Gasteiger partial charge in [0, 0.05) is 18.0 Å². The Labute approximate surface area is 112 Å². The second-order valence-corrected chi connectivity index (χ2v) is 6.71. The minimum atomic E-state index is -0.676. The van der Waals surface area contributed by atoms with Gasteiger partial charge in [0.25, 0.3) is 0 Å². The molecule has 1 N–H and O–H groups in total. The SMILES string of the molecule is Cc1nc(C)c(CN2CCCC(C)(C(=O)O)C2)s1. The molecule has 1 unspecified atom stereocenters. The summed E-state index contributed by atoms with van der Waals surface area (Å²) in [5.41, 5.74) is 0.492. The van der Waals surface area contributed by atoms with Crippen LogP contribution in [0, 0.1) is 19.3 Å². The fourth-order valence-electron chi connectivity index (χ4n) is 2.58. The molecule has 2 heterocycles. The molecule has 2 rings (SSSR count). The summed E-state index contributed by atoms with van der Waals surface area (Å²) in [5.74, 6) is -0.676. The molecule has 0 radical (unpaired) electrons. The lowest BCUT2D eigenvalue weighted by Gasteiger charge is -2.37. The largest absolute Gasteiger partial charge is 0.481 e. The second kappa shape index (κ2) is 4.97. The summed E-state index contributed by atoms with van der Waals surface area (Å²) in [7, 11) is 0. The Bertz CT molecular complexity index is 458. The Kier molecular flexibility index (Phi) is 3.73. The van der Waals surface area contributed by atoms with Gasteiger partial charge in [-0.1, -0.05) is 0 Å². The van der Waals surface area contributed by atoms with Gasteiger partial charge < -0.3 is 5.11 Å². The molecule has 1 fully saturated rings. The number of hydrogen-bond acceptors (Lipinski definition) is 4. The molecule has 0 amide bonds. The molecule has 1 saturated heterocycles. The predicted molar refractivity (Wildman–Crippen MR) is 71.8 cm³/mol. The molecule has 4 nitrogen and oxygen atoms in total. The van der Waals surface area contributed by atoms with Crippen LogP contribution >= 0.6 is 11.3 Å². The van der Waals surface area contributed by atoms with Gasteiger partial charge in [-0.15, -0.1) is 11.3 Å². The van der Waals surface area contributed by atoms with Gasteiger partial charge >= 0.3 is 5.97 Å². The molecule has 18 heavy (non-hydrogen) atoms. The van der Waals surface area contributed by atoms with Gasteiger partial charge in [0.2, 0.25) is 0 Å². The van der Waals surface area contributed by atoms with Crippen LogP contribution in [0.5, 0.6) is 0 Å². The Morgan fingerprint density at radius 3 is 2.83 bits per heavy atom. The molecule has 0 bridgehead atoms. The minimum Gasteiger partial charge on any atom is -0.481 e. The number of aryl methyl sites for hydroxylation is 2. The standard InChI is InChI=1S/C13H20N2O2S/c1-9-11(18-10(2)14-9)7-15-6-4-5-13(3,8-15)12(16)17/h4-8H2,1-3H3,(H,16,17). The van der Waals surface area contributed by atoms with Crippen molar-refractivity contribution in [2.45, 2.75) is 40.2 Å². The third kappa shape index (κ3) is 2.72. The summed E-state index contributed by atoms with van der Waals surface area (Å²) < 4.78 is 0. The van der Waals surface area contributed by atoms with Crippen LogP contribution in [0.3, 0.4) is 0 Å². The van der Waals surface area contributed by atoms with Crippen LogP contribution < -0.4 is 0 Å². The molecule has 0 saturated carbocycles. The Morgan fingerprint density at radius 2 is 2.28 bits per heavy atom. The number of carboxylic acid groups (broad SMARTS) is 1. The first-order valence-corrected chi connectivity index (χ1v) is 7.11. The Morgan fingerprint density at radius 1 is 1.56 bits per heavy atom.